The lowest BCUT2D eigenvalue weighted by Gasteiger charge is -2.18. The summed E-state index contributed by atoms with van der Waals surface area (Å²) < 4.78 is 18.9. The molecule has 2 fully saturated rings. The fourth-order valence-corrected chi connectivity index (χ4v) is 2.85. The van der Waals surface area contributed by atoms with Crippen molar-refractivity contribution in [2.24, 2.45) is 11.8 Å². The highest BCUT2D eigenvalue weighted by Gasteiger charge is 2.40. The van der Waals surface area contributed by atoms with Crippen molar-refractivity contribution >= 4 is 11.6 Å². The van der Waals surface area contributed by atoms with Crippen LogP contribution >= 0.6 is 11.6 Å². The van der Waals surface area contributed by atoms with Gasteiger partial charge in [0.15, 0.2) is 11.6 Å². The summed E-state index contributed by atoms with van der Waals surface area (Å²) in [5.74, 6) is 1.50. The van der Waals surface area contributed by atoms with Crippen LogP contribution in [0.25, 0.3) is 0 Å². The van der Waals surface area contributed by atoms with E-state index in [1.54, 1.807) is 12.1 Å². The first-order valence-corrected chi connectivity index (χ1v) is 7.43. The van der Waals surface area contributed by atoms with E-state index in [0.717, 1.165) is 18.4 Å². The van der Waals surface area contributed by atoms with Gasteiger partial charge in [-0.2, -0.15) is 0 Å². The van der Waals surface area contributed by atoms with Crippen molar-refractivity contribution in [1.29, 1.82) is 0 Å². The van der Waals surface area contributed by atoms with Crippen LogP contribution in [-0.2, 0) is 0 Å². The third-order valence-electron chi connectivity index (χ3n) is 3.91. The highest BCUT2D eigenvalue weighted by molar-refractivity contribution is 6.32. The second-order valence-electron chi connectivity index (χ2n) is 5.55. The first kappa shape index (κ1) is 13.2. The maximum absolute atomic E-state index is 13.5. The Labute approximate surface area is 118 Å². The van der Waals surface area contributed by atoms with E-state index < -0.39 is 5.82 Å². The van der Waals surface area contributed by atoms with Crippen LogP contribution in [0.1, 0.15) is 25.7 Å². The summed E-state index contributed by atoms with van der Waals surface area (Å²) in [6, 6.07) is 5.25. The number of rotatable bonds is 7. The summed E-state index contributed by atoms with van der Waals surface area (Å²) in [5.41, 5.74) is 0. The molecular formula is C15H19ClFNO. The van der Waals surface area contributed by atoms with Gasteiger partial charge in [0.05, 0.1) is 5.02 Å². The number of hydrogen-bond donors (Lipinski definition) is 1. The standard InChI is InChI=1S/C15H19ClFNO/c16-12-2-1-3-13(17)15(12)19-9-8-18-14(10-4-5-10)11-6-7-11/h1-3,10-11,14,18H,4-9H2. The average Bonchev–Trinajstić information content (AvgIpc) is 3.26. The SMILES string of the molecule is Fc1cccc(Cl)c1OCCNC(C1CC1)C1CC1. The summed E-state index contributed by atoms with van der Waals surface area (Å²) in [5, 5.41) is 3.90. The average molecular weight is 284 g/mol. The van der Waals surface area contributed by atoms with Crippen molar-refractivity contribution in [1.82, 2.24) is 5.32 Å². The molecule has 2 saturated carbocycles. The third kappa shape index (κ3) is 3.40. The minimum absolute atomic E-state index is 0.167. The predicted octanol–water partition coefficient (Wildman–Crippen LogP) is 3.64. The molecule has 19 heavy (non-hydrogen) atoms. The molecule has 1 aromatic carbocycles. The van der Waals surface area contributed by atoms with Crippen LogP contribution < -0.4 is 10.1 Å². The molecule has 0 radical (unpaired) electrons. The fraction of sp³-hybridized carbons (Fsp3) is 0.600. The molecule has 3 rings (SSSR count). The van der Waals surface area contributed by atoms with Gasteiger partial charge < -0.3 is 10.1 Å². The summed E-state index contributed by atoms with van der Waals surface area (Å²) in [4.78, 5) is 0. The Morgan fingerprint density at radius 1 is 1.26 bits per heavy atom. The zero-order chi connectivity index (χ0) is 13.2. The van der Waals surface area contributed by atoms with Crippen LogP contribution in [0.15, 0.2) is 18.2 Å². The van der Waals surface area contributed by atoms with Crippen molar-refractivity contribution in [3.8, 4) is 5.75 Å². The highest BCUT2D eigenvalue weighted by atomic mass is 35.5. The smallest absolute Gasteiger partial charge is 0.173 e. The molecule has 0 aromatic heterocycles. The summed E-state index contributed by atoms with van der Waals surface area (Å²) in [6.07, 6.45) is 5.42. The Kier molecular flexibility index (Phi) is 3.94. The molecular weight excluding hydrogens is 265 g/mol. The van der Waals surface area contributed by atoms with Gasteiger partial charge in [0, 0.05) is 12.6 Å². The molecule has 104 valence electrons. The van der Waals surface area contributed by atoms with Gasteiger partial charge >= 0.3 is 0 Å². The Hall–Kier alpha value is -0.800. The monoisotopic (exact) mass is 283 g/mol. The number of nitrogens with one attached hydrogen (secondary N) is 1. The topological polar surface area (TPSA) is 21.3 Å². The molecule has 1 N–H and O–H groups in total. The number of benzene rings is 1. The van der Waals surface area contributed by atoms with Gasteiger partial charge in [-0.05, 0) is 49.7 Å². The third-order valence-corrected chi connectivity index (χ3v) is 4.20. The van der Waals surface area contributed by atoms with E-state index in [1.165, 1.54) is 31.7 Å². The van der Waals surface area contributed by atoms with E-state index >= 15 is 0 Å². The van der Waals surface area contributed by atoms with Crippen molar-refractivity contribution in [2.75, 3.05) is 13.2 Å². The molecule has 0 amide bonds. The van der Waals surface area contributed by atoms with Crippen LogP contribution in [0.4, 0.5) is 4.39 Å². The number of ether oxygens (including phenoxy) is 1. The van der Waals surface area contributed by atoms with Crippen molar-refractivity contribution in [3.63, 3.8) is 0 Å². The number of para-hydroxylation sites is 1. The van der Waals surface area contributed by atoms with Gasteiger partial charge in [0.1, 0.15) is 6.61 Å². The maximum atomic E-state index is 13.5. The molecule has 0 spiro atoms. The molecule has 4 heteroatoms. The fourth-order valence-electron chi connectivity index (χ4n) is 2.63. The van der Waals surface area contributed by atoms with E-state index in [2.05, 4.69) is 5.32 Å². The van der Waals surface area contributed by atoms with E-state index in [4.69, 9.17) is 16.3 Å². The first-order chi connectivity index (χ1) is 9.25. The maximum Gasteiger partial charge on any atom is 0.173 e. The number of halogens is 2. The minimum atomic E-state index is -0.395. The van der Waals surface area contributed by atoms with Crippen LogP contribution in [0.5, 0.6) is 5.75 Å². The Bertz CT molecular complexity index is 414. The molecule has 0 unspecified atom stereocenters. The first-order valence-electron chi connectivity index (χ1n) is 7.06. The van der Waals surface area contributed by atoms with Crippen LogP contribution in [0.2, 0.25) is 5.02 Å². The summed E-state index contributed by atoms with van der Waals surface area (Å²) in [7, 11) is 0. The second kappa shape index (κ2) is 5.68. The molecule has 2 aliphatic carbocycles. The number of hydrogen-bond acceptors (Lipinski definition) is 2. The van der Waals surface area contributed by atoms with E-state index in [1.807, 2.05) is 0 Å². The lowest BCUT2D eigenvalue weighted by atomic mass is 10.1. The zero-order valence-electron chi connectivity index (χ0n) is 10.9. The predicted molar refractivity (Wildman–Crippen MR) is 74.1 cm³/mol. The van der Waals surface area contributed by atoms with Gasteiger partial charge in [-0.1, -0.05) is 17.7 Å². The minimum Gasteiger partial charge on any atom is -0.488 e. The highest BCUT2D eigenvalue weighted by Crippen LogP contribution is 2.44. The molecule has 0 atom stereocenters. The molecule has 2 nitrogen and oxygen atoms in total. The van der Waals surface area contributed by atoms with Crippen molar-refractivity contribution < 1.29 is 9.13 Å². The molecule has 1 aromatic rings. The molecule has 0 bridgehead atoms. The van der Waals surface area contributed by atoms with E-state index in [9.17, 15) is 4.39 Å². The lowest BCUT2D eigenvalue weighted by Crippen LogP contribution is -2.36. The van der Waals surface area contributed by atoms with Crippen LogP contribution in [0.3, 0.4) is 0 Å². The normalized spacial score (nSPS) is 18.9. The Morgan fingerprint density at radius 2 is 1.95 bits per heavy atom. The van der Waals surface area contributed by atoms with Gasteiger partial charge in [-0.15, -0.1) is 0 Å². The van der Waals surface area contributed by atoms with E-state index in [-0.39, 0.29) is 5.75 Å². The largest absolute Gasteiger partial charge is 0.488 e. The van der Waals surface area contributed by atoms with E-state index in [0.29, 0.717) is 17.7 Å². The lowest BCUT2D eigenvalue weighted by molar-refractivity contribution is 0.282. The summed E-state index contributed by atoms with van der Waals surface area (Å²) in [6.45, 7) is 1.21. The van der Waals surface area contributed by atoms with Crippen molar-refractivity contribution in [2.45, 2.75) is 31.7 Å². The molecule has 0 saturated heterocycles. The Morgan fingerprint density at radius 3 is 2.53 bits per heavy atom. The quantitative estimate of drug-likeness (QED) is 0.772. The zero-order valence-corrected chi connectivity index (χ0v) is 11.6. The van der Waals surface area contributed by atoms with Crippen LogP contribution in [0, 0.1) is 17.7 Å². The van der Waals surface area contributed by atoms with Gasteiger partial charge in [-0.25, -0.2) is 4.39 Å². The van der Waals surface area contributed by atoms with Gasteiger partial charge in [-0.3, -0.25) is 0 Å². The molecule has 2 aliphatic rings. The van der Waals surface area contributed by atoms with Gasteiger partial charge in [0.2, 0.25) is 0 Å². The second-order valence-corrected chi connectivity index (χ2v) is 5.96. The van der Waals surface area contributed by atoms with Crippen molar-refractivity contribution in [3.05, 3.63) is 29.0 Å². The summed E-state index contributed by atoms with van der Waals surface area (Å²) >= 11 is 5.91. The van der Waals surface area contributed by atoms with Gasteiger partial charge in [0.25, 0.3) is 0 Å². The van der Waals surface area contributed by atoms with Crippen LogP contribution in [-0.4, -0.2) is 19.2 Å². The Balaban J connectivity index is 1.45. The molecule has 0 heterocycles. The molecule has 0 aliphatic heterocycles.